The summed E-state index contributed by atoms with van der Waals surface area (Å²) in [5.74, 6) is 0.0163. The molecule has 2 aromatic rings. The summed E-state index contributed by atoms with van der Waals surface area (Å²) < 4.78 is 14.4. The number of hydrogen-bond donors (Lipinski definition) is 1. The standard InChI is InChI=1S/C17H20BrFN2/c1-12(2)20-10-14(13-4-3-5-16(19)8-13)9-17-7-6-15(18)11-21-17/h3-8,11-12,14,20H,9-10H2,1-2H3. The van der Waals surface area contributed by atoms with Crippen LogP contribution in [0.15, 0.2) is 47.1 Å². The topological polar surface area (TPSA) is 24.9 Å². The SMILES string of the molecule is CC(C)NCC(Cc1ccc(Br)cn1)c1cccc(F)c1. The van der Waals surface area contributed by atoms with Crippen LogP contribution in [0, 0.1) is 5.82 Å². The molecule has 0 amide bonds. The molecule has 4 heteroatoms. The zero-order valence-corrected chi connectivity index (χ0v) is 13.9. The minimum atomic E-state index is -0.189. The number of pyridine rings is 1. The summed E-state index contributed by atoms with van der Waals surface area (Å²) in [5.41, 5.74) is 2.02. The third kappa shape index (κ3) is 5.21. The molecule has 1 aromatic heterocycles. The van der Waals surface area contributed by atoms with Crippen molar-refractivity contribution in [2.45, 2.75) is 32.2 Å². The highest BCUT2D eigenvalue weighted by Crippen LogP contribution is 2.21. The van der Waals surface area contributed by atoms with Gasteiger partial charge in [0, 0.05) is 34.9 Å². The first-order valence-corrected chi connectivity index (χ1v) is 7.93. The van der Waals surface area contributed by atoms with Gasteiger partial charge in [-0.05, 0) is 52.2 Å². The van der Waals surface area contributed by atoms with E-state index in [0.29, 0.717) is 6.04 Å². The number of benzene rings is 1. The second-order valence-electron chi connectivity index (χ2n) is 5.49. The Morgan fingerprint density at radius 1 is 1.24 bits per heavy atom. The molecule has 112 valence electrons. The van der Waals surface area contributed by atoms with E-state index in [1.165, 1.54) is 6.07 Å². The third-order valence-corrected chi connectivity index (χ3v) is 3.81. The zero-order valence-electron chi connectivity index (χ0n) is 12.3. The largest absolute Gasteiger partial charge is 0.314 e. The molecule has 1 heterocycles. The minimum absolute atomic E-state index is 0.189. The van der Waals surface area contributed by atoms with E-state index < -0.39 is 0 Å². The van der Waals surface area contributed by atoms with Crippen LogP contribution >= 0.6 is 15.9 Å². The van der Waals surface area contributed by atoms with E-state index in [1.807, 2.05) is 18.2 Å². The average molecular weight is 351 g/mol. The molecule has 0 saturated heterocycles. The predicted molar refractivity (Wildman–Crippen MR) is 87.9 cm³/mol. The van der Waals surface area contributed by atoms with Crippen LogP contribution in [0.25, 0.3) is 0 Å². The Hall–Kier alpha value is -1.26. The minimum Gasteiger partial charge on any atom is -0.314 e. The fraction of sp³-hybridized carbons (Fsp3) is 0.353. The van der Waals surface area contributed by atoms with E-state index in [2.05, 4.69) is 40.1 Å². The van der Waals surface area contributed by atoms with Crippen molar-refractivity contribution < 1.29 is 4.39 Å². The van der Waals surface area contributed by atoms with Crippen molar-refractivity contribution in [2.24, 2.45) is 0 Å². The maximum atomic E-state index is 13.5. The van der Waals surface area contributed by atoms with Crippen molar-refractivity contribution in [3.8, 4) is 0 Å². The van der Waals surface area contributed by atoms with Crippen molar-refractivity contribution in [3.63, 3.8) is 0 Å². The highest BCUT2D eigenvalue weighted by Gasteiger charge is 2.14. The highest BCUT2D eigenvalue weighted by molar-refractivity contribution is 9.10. The zero-order chi connectivity index (χ0) is 15.2. The van der Waals surface area contributed by atoms with E-state index in [4.69, 9.17) is 0 Å². The van der Waals surface area contributed by atoms with Crippen molar-refractivity contribution in [3.05, 3.63) is 64.1 Å². The molecule has 0 fully saturated rings. The quantitative estimate of drug-likeness (QED) is 0.839. The maximum absolute atomic E-state index is 13.5. The van der Waals surface area contributed by atoms with Crippen LogP contribution in [0.2, 0.25) is 0 Å². The Morgan fingerprint density at radius 2 is 2.05 bits per heavy atom. The molecule has 21 heavy (non-hydrogen) atoms. The summed E-state index contributed by atoms with van der Waals surface area (Å²) in [6.45, 7) is 5.03. The van der Waals surface area contributed by atoms with Gasteiger partial charge in [0.2, 0.25) is 0 Å². The van der Waals surface area contributed by atoms with Crippen LogP contribution in [0.1, 0.15) is 31.0 Å². The summed E-state index contributed by atoms with van der Waals surface area (Å²) in [7, 11) is 0. The van der Waals surface area contributed by atoms with Crippen molar-refractivity contribution in [1.29, 1.82) is 0 Å². The first-order valence-electron chi connectivity index (χ1n) is 7.14. The van der Waals surface area contributed by atoms with E-state index in [1.54, 1.807) is 18.3 Å². The summed E-state index contributed by atoms with van der Waals surface area (Å²) in [6, 6.07) is 11.2. The highest BCUT2D eigenvalue weighted by atomic mass is 79.9. The van der Waals surface area contributed by atoms with Crippen LogP contribution in [-0.2, 0) is 6.42 Å². The Kier molecular flexibility index (Phi) is 5.88. The normalized spacial score (nSPS) is 12.6. The van der Waals surface area contributed by atoms with Crippen LogP contribution in [-0.4, -0.2) is 17.6 Å². The van der Waals surface area contributed by atoms with Gasteiger partial charge in [-0.1, -0.05) is 26.0 Å². The lowest BCUT2D eigenvalue weighted by atomic mass is 9.93. The summed E-state index contributed by atoms with van der Waals surface area (Å²) in [6.07, 6.45) is 2.59. The lowest BCUT2D eigenvalue weighted by Gasteiger charge is -2.19. The van der Waals surface area contributed by atoms with Gasteiger partial charge in [0.15, 0.2) is 0 Å². The summed E-state index contributed by atoms with van der Waals surface area (Å²) in [5, 5.41) is 3.44. The lowest BCUT2D eigenvalue weighted by molar-refractivity contribution is 0.521. The number of rotatable bonds is 6. The van der Waals surface area contributed by atoms with Gasteiger partial charge in [-0.25, -0.2) is 4.39 Å². The summed E-state index contributed by atoms with van der Waals surface area (Å²) in [4.78, 5) is 4.42. The maximum Gasteiger partial charge on any atom is 0.123 e. The Labute approximate surface area is 133 Å². The molecule has 1 unspecified atom stereocenters. The van der Waals surface area contributed by atoms with Gasteiger partial charge >= 0.3 is 0 Å². The second kappa shape index (κ2) is 7.66. The number of aromatic nitrogens is 1. The monoisotopic (exact) mass is 350 g/mol. The molecule has 2 rings (SSSR count). The van der Waals surface area contributed by atoms with Crippen LogP contribution in [0.4, 0.5) is 4.39 Å². The van der Waals surface area contributed by atoms with Gasteiger partial charge in [0.05, 0.1) is 0 Å². The Morgan fingerprint density at radius 3 is 2.67 bits per heavy atom. The number of nitrogens with zero attached hydrogens (tertiary/aromatic N) is 1. The molecule has 0 radical (unpaired) electrons. The molecular weight excluding hydrogens is 331 g/mol. The molecule has 1 aromatic carbocycles. The lowest BCUT2D eigenvalue weighted by Crippen LogP contribution is -2.29. The van der Waals surface area contributed by atoms with E-state index in [0.717, 1.165) is 28.7 Å². The average Bonchev–Trinajstić information content (AvgIpc) is 2.45. The molecule has 1 atom stereocenters. The van der Waals surface area contributed by atoms with Crippen LogP contribution in [0.5, 0.6) is 0 Å². The predicted octanol–water partition coefficient (Wildman–Crippen LogP) is 4.31. The summed E-state index contributed by atoms with van der Waals surface area (Å²) >= 11 is 3.39. The third-order valence-electron chi connectivity index (χ3n) is 3.34. The molecule has 2 nitrogen and oxygen atoms in total. The molecule has 0 aliphatic rings. The molecule has 0 spiro atoms. The molecule has 1 N–H and O–H groups in total. The fourth-order valence-corrected chi connectivity index (χ4v) is 2.46. The molecule has 0 saturated carbocycles. The van der Waals surface area contributed by atoms with E-state index >= 15 is 0 Å². The van der Waals surface area contributed by atoms with Gasteiger partial charge in [-0.15, -0.1) is 0 Å². The molecule has 0 aliphatic carbocycles. The first kappa shape index (κ1) is 16.1. The molecular formula is C17H20BrFN2. The van der Waals surface area contributed by atoms with Crippen LogP contribution in [0.3, 0.4) is 0 Å². The van der Waals surface area contributed by atoms with Crippen molar-refractivity contribution in [1.82, 2.24) is 10.3 Å². The Balaban J connectivity index is 2.17. The van der Waals surface area contributed by atoms with Gasteiger partial charge < -0.3 is 5.32 Å². The number of nitrogens with one attached hydrogen (secondary N) is 1. The van der Waals surface area contributed by atoms with Crippen molar-refractivity contribution >= 4 is 15.9 Å². The van der Waals surface area contributed by atoms with E-state index in [-0.39, 0.29) is 11.7 Å². The molecule has 0 bridgehead atoms. The number of halogens is 2. The molecule has 0 aliphatic heterocycles. The fourth-order valence-electron chi connectivity index (χ4n) is 2.23. The van der Waals surface area contributed by atoms with Crippen molar-refractivity contribution in [2.75, 3.05) is 6.54 Å². The van der Waals surface area contributed by atoms with Gasteiger partial charge in [0.25, 0.3) is 0 Å². The first-order chi connectivity index (χ1) is 10.0. The van der Waals surface area contributed by atoms with Gasteiger partial charge in [-0.3, -0.25) is 4.98 Å². The smallest absolute Gasteiger partial charge is 0.123 e. The van der Waals surface area contributed by atoms with E-state index in [9.17, 15) is 4.39 Å². The van der Waals surface area contributed by atoms with Gasteiger partial charge in [-0.2, -0.15) is 0 Å². The second-order valence-corrected chi connectivity index (χ2v) is 6.40. The number of hydrogen-bond acceptors (Lipinski definition) is 2. The van der Waals surface area contributed by atoms with Gasteiger partial charge in [0.1, 0.15) is 5.82 Å². The van der Waals surface area contributed by atoms with Crippen LogP contribution < -0.4 is 5.32 Å². The Bertz CT molecular complexity index is 569.